The molecule has 0 amide bonds. The molecule has 3 rings (SSSR count). The van der Waals surface area contributed by atoms with Crippen molar-refractivity contribution in [3.05, 3.63) is 66.4 Å². The van der Waals surface area contributed by atoms with Gasteiger partial charge in [0.25, 0.3) is 5.88 Å². The predicted octanol–water partition coefficient (Wildman–Crippen LogP) is 4.63. The molecule has 2 aromatic carbocycles. The van der Waals surface area contributed by atoms with E-state index in [1.807, 2.05) is 66.7 Å². The highest BCUT2D eigenvalue weighted by Crippen LogP contribution is 2.28. The van der Waals surface area contributed by atoms with Crippen LogP contribution in [0.5, 0.6) is 0 Å². The Morgan fingerprint density at radius 2 is 1.57 bits per heavy atom. The molecule has 0 N–H and O–H groups in total. The van der Waals surface area contributed by atoms with E-state index in [2.05, 4.69) is 15.2 Å². The van der Waals surface area contributed by atoms with E-state index in [9.17, 15) is 0 Å². The Bertz CT molecular complexity index is 801. The van der Waals surface area contributed by atoms with E-state index >= 15 is 0 Å². The van der Waals surface area contributed by atoms with Crippen LogP contribution in [-0.2, 0) is 0 Å². The predicted molar refractivity (Wildman–Crippen MR) is 77.3 cm³/mol. The first-order valence-corrected chi connectivity index (χ1v) is 6.30. The van der Waals surface area contributed by atoms with Gasteiger partial charge in [0, 0.05) is 5.56 Å². The maximum absolute atomic E-state index is 9.10. The zero-order chi connectivity index (χ0) is 14.5. The lowest BCUT2D eigenvalue weighted by Gasteiger charge is -1.92. The quantitative estimate of drug-likeness (QED) is 0.653. The molecule has 100 valence electrons. The van der Waals surface area contributed by atoms with Crippen LogP contribution in [0.25, 0.3) is 11.5 Å². The first kappa shape index (κ1) is 12.8. The first-order chi connectivity index (χ1) is 10.4. The van der Waals surface area contributed by atoms with Gasteiger partial charge in [0.1, 0.15) is 6.07 Å². The van der Waals surface area contributed by atoms with Gasteiger partial charge in [-0.2, -0.15) is 10.2 Å². The fraction of sp³-hybridized carbons (Fsp3) is 0. The van der Waals surface area contributed by atoms with E-state index in [0.29, 0.717) is 11.6 Å². The van der Waals surface area contributed by atoms with Gasteiger partial charge < -0.3 is 4.42 Å². The molecule has 0 aliphatic rings. The Labute approximate surface area is 121 Å². The molecule has 0 radical (unpaired) electrons. The van der Waals surface area contributed by atoms with Gasteiger partial charge in [-0.3, -0.25) is 0 Å². The van der Waals surface area contributed by atoms with Crippen LogP contribution in [0.15, 0.2) is 75.3 Å². The monoisotopic (exact) mass is 274 g/mol. The lowest BCUT2D eigenvalue weighted by atomic mass is 10.2. The number of rotatable bonds is 3. The van der Waals surface area contributed by atoms with Crippen molar-refractivity contribution >= 4 is 11.6 Å². The molecule has 1 heterocycles. The van der Waals surface area contributed by atoms with Gasteiger partial charge in [-0.1, -0.05) is 36.4 Å². The van der Waals surface area contributed by atoms with Gasteiger partial charge in [-0.05, 0) is 24.3 Å². The summed E-state index contributed by atoms with van der Waals surface area (Å²) in [7, 11) is 0. The summed E-state index contributed by atoms with van der Waals surface area (Å²) in [5.74, 6) is 0.467. The number of hydrogen-bond acceptors (Lipinski definition) is 5. The standard InChI is InChI=1S/C16H10N4O/c17-11-14-16(20-19-13-9-5-2-6-10-13)21-15(18-14)12-7-3-1-4-8-12/h1-10H. The molecule has 0 atom stereocenters. The zero-order valence-corrected chi connectivity index (χ0v) is 11.0. The third-order valence-corrected chi connectivity index (χ3v) is 2.75. The van der Waals surface area contributed by atoms with Crippen molar-refractivity contribution in [2.75, 3.05) is 0 Å². The van der Waals surface area contributed by atoms with Crippen LogP contribution in [0.3, 0.4) is 0 Å². The Morgan fingerprint density at radius 1 is 0.905 bits per heavy atom. The van der Waals surface area contributed by atoms with E-state index in [-0.39, 0.29) is 11.6 Å². The molecule has 0 spiro atoms. The number of azo groups is 1. The van der Waals surface area contributed by atoms with Crippen molar-refractivity contribution < 1.29 is 4.42 Å². The Balaban J connectivity index is 1.95. The minimum atomic E-state index is 0.111. The lowest BCUT2D eigenvalue weighted by Crippen LogP contribution is -1.77. The summed E-state index contributed by atoms with van der Waals surface area (Å²) < 4.78 is 5.52. The highest BCUT2D eigenvalue weighted by atomic mass is 16.4. The van der Waals surface area contributed by atoms with E-state index in [4.69, 9.17) is 9.68 Å². The van der Waals surface area contributed by atoms with Crippen LogP contribution in [0.2, 0.25) is 0 Å². The maximum atomic E-state index is 9.10. The van der Waals surface area contributed by atoms with Gasteiger partial charge in [0.15, 0.2) is 0 Å². The maximum Gasteiger partial charge on any atom is 0.277 e. The topological polar surface area (TPSA) is 74.5 Å². The number of aromatic nitrogens is 1. The largest absolute Gasteiger partial charge is 0.416 e. The summed E-state index contributed by atoms with van der Waals surface area (Å²) >= 11 is 0. The van der Waals surface area contributed by atoms with Crippen molar-refractivity contribution in [3.8, 4) is 17.5 Å². The average Bonchev–Trinajstić information content (AvgIpc) is 2.98. The summed E-state index contributed by atoms with van der Waals surface area (Å²) in [6.07, 6.45) is 0. The molecular formula is C16H10N4O. The Hall–Kier alpha value is -3.26. The normalized spacial score (nSPS) is 10.6. The second-order valence-electron chi connectivity index (χ2n) is 4.19. The molecule has 0 bridgehead atoms. The minimum Gasteiger partial charge on any atom is -0.416 e. The average molecular weight is 274 g/mol. The molecule has 0 saturated carbocycles. The summed E-state index contributed by atoms with van der Waals surface area (Å²) in [5, 5.41) is 17.1. The number of oxazole rings is 1. The van der Waals surface area contributed by atoms with Crippen LogP contribution in [0.1, 0.15) is 5.69 Å². The van der Waals surface area contributed by atoms with Gasteiger partial charge in [-0.15, -0.1) is 10.2 Å². The van der Waals surface area contributed by atoms with E-state index in [1.54, 1.807) is 0 Å². The first-order valence-electron chi connectivity index (χ1n) is 6.30. The molecule has 0 saturated heterocycles. The molecule has 5 heteroatoms. The van der Waals surface area contributed by atoms with Gasteiger partial charge >= 0.3 is 0 Å². The second-order valence-corrected chi connectivity index (χ2v) is 4.19. The van der Waals surface area contributed by atoms with Crippen LogP contribution in [0.4, 0.5) is 11.6 Å². The molecule has 0 aliphatic heterocycles. The number of hydrogen-bond donors (Lipinski definition) is 0. The SMILES string of the molecule is N#Cc1nc(-c2ccccc2)oc1N=Nc1ccccc1. The van der Waals surface area contributed by atoms with Crippen molar-refractivity contribution in [3.63, 3.8) is 0 Å². The second kappa shape index (κ2) is 5.80. The van der Waals surface area contributed by atoms with Crippen LogP contribution < -0.4 is 0 Å². The van der Waals surface area contributed by atoms with E-state index in [0.717, 1.165) is 5.56 Å². The Morgan fingerprint density at radius 3 is 2.24 bits per heavy atom. The van der Waals surface area contributed by atoms with Crippen molar-refractivity contribution in [2.45, 2.75) is 0 Å². The third kappa shape index (κ3) is 2.85. The van der Waals surface area contributed by atoms with Gasteiger partial charge in [0.05, 0.1) is 5.69 Å². The highest BCUT2D eigenvalue weighted by molar-refractivity contribution is 5.57. The van der Waals surface area contributed by atoms with Gasteiger partial charge in [-0.25, -0.2) is 0 Å². The molecule has 0 aliphatic carbocycles. The summed E-state index contributed by atoms with van der Waals surface area (Å²) in [6.45, 7) is 0. The highest BCUT2D eigenvalue weighted by Gasteiger charge is 2.13. The van der Waals surface area contributed by atoms with Crippen molar-refractivity contribution in [2.24, 2.45) is 10.2 Å². The summed E-state index contributed by atoms with van der Waals surface area (Å²) in [4.78, 5) is 4.13. The summed E-state index contributed by atoms with van der Waals surface area (Å²) in [5.41, 5.74) is 1.59. The van der Waals surface area contributed by atoms with Crippen LogP contribution in [0, 0.1) is 11.3 Å². The van der Waals surface area contributed by atoms with Crippen LogP contribution >= 0.6 is 0 Å². The molecule has 0 fully saturated rings. The minimum absolute atomic E-state index is 0.111. The number of nitrogens with zero attached hydrogens (tertiary/aromatic N) is 4. The molecule has 3 aromatic rings. The van der Waals surface area contributed by atoms with Gasteiger partial charge in [0.2, 0.25) is 11.6 Å². The molecular weight excluding hydrogens is 264 g/mol. The molecule has 0 unspecified atom stereocenters. The fourth-order valence-corrected chi connectivity index (χ4v) is 1.75. The smallest absolute Gasteiger partial charge is 0.277 e. The molecule has 21 heavy (non-hydrogen) atoms. The van der Waals surface area contributed by atoms with Crippen molar-refractivity contribution in [1.29, 1.82) is 5.26 Å². The number of nitriles is 1. The van der Waals surface area contributed by atoms with E-state index in [1.165, 1.54) is 0 Å². The molecule has 5 nitrogen and oxygen atoms in total. The fourth-order valence-electron chi connectivity index (χ4n) is 1.75. The van der Waals surface area contributed by atoms with E-state index < -0.39 is 0 Å². The Kier molecular flexibility index (Phi) is 3.52. The van der Waals surface area contributed by atoms with Crippen molar-refractivity contribution in [1.82, 2.24) is 4.98 Å². The summed E-state index contributed by atoms with van der Waals surface area (Å²) in [6, 6.07) is 20.5. The lowest BCUT2D eigenvalue weighted by molar-refractivity contribution is 0.579. The zero-order valence-electron chi connectivity index (χ0n) is 11.0. The molecule has 1 aromatic heterocycles. The van der Waals surface area contributed by atoms with Crippen LogP contribution in [-0.4, -0.2) is 4.98 Å². The number of benzene rings is 2. The third-order valence-electron chi connectivity index (χ3n) is 2.75.